The van der Waals surface area contributed by atoms with E-state index in [-0.39, 0.29) is 0 Å². The van der Waals surface area contributed by atoms with Crippen LogP contribution < -0.4 is 5.32 Å². The van der Waals surface area contributed by atoms with Gasteiger partial charge in [0, 0.05) is 18.2 Å². The summed E-state index contributed by atoms with van der Waals surface area (Å²) in [5.41, 5.74) is 2.72. The van der Waals surface area contributed by atoms with Crippen LogP contribution in [0, 0.1) is 0 Å². The van der Waals surface area contributed by atoms with E-state index in [0.29, 0.717) is 5.92 Å². The highest BCUT2D eigenvalue weighted by atomic mass is 14.9. The van der Waals surface area contributed by atoms with Crippen LogP contribution >= 0.6 is 0 Å². The Kier molecular flexibility index (Phi) is 1.86. The normalized spacial score (nSPS) is 20.9. The quantitative estimate of drug-likeness (QED) is 0.621. The minimum absolute atomic E-state index is 0.575. The first-order valence-corrected chi connectivity index (χ1v) is 4.37. The Labute approximate surface area is 73.1 Å². The average molecular weight is 159 g/mol. The summed E-state index contributed by atoms with van der Waals surface area (Å²) in [6.07, 6.45) is 4.37. The van der Waals surface area contributed by atoms with Gasteiger partial charge in [0.25, 0.3) is 0 Å². The highest BCUT2D eigenvalue weighted by molar-refractivity contribution is 5.58. The Balaban J connectivity index is 2.36. The fourth-order valence-corrected chi connectivity index (χ4v) is 1.72. The number of para-hydroxylation sites is 1. The number of allylic oxidation sites excluding steroid dienone is 1. The summed E-state index contributed by atoms with van der Waals surface area (Å²) in [4.78, 5) is 0. The molecule has 0 radical (unpaired) electrons. The van der Waals surface area contributed by atoms with Gasteiger partial charge in [-0.25, -0.2) is 0 Å². The lowest BCUT2D eigenvalue weighted by Gasteiger charge is -2.01. The first-order valence-electron chi connectivity index (χ1n) is 4.37. The van der Waals surface area contributed by atoms with Crippen LogP contribution in [0.3, 0.4) is 0 Å². The molecule has 0 saturated heterocycles. The molecule has 1 aromatic rings. The molecule has 1 N–H and O–H groups in total. The lowest BCUT2D eigenvalue weighted by Crippen LogP contribution is -1.97. The summed E-state index contributed by atoms with van der Waals surface area (Å²) < 4.78 is 0. The number of anilines is 1. The van der Waals surface area contributed by atoms with Crippen LogP contribution in [0.1, 0.15) is 18.4 Å². The second-order valence-electron chi connectivity index (χ2n) is 3.10. The van der Waals surface area contributed by atoms with Crippen LogP contribution in [-0.4, -0.2) is 6.54 Å². The minimum Gasteiger partial charge on any atom is -0.384 e. The minimum atomic E-state index is 0.575. The van der Waals surface area contributed by atoms with Gasteiger partial charge in [-0.05, 0) is 18.6 Å². The van der Waals surface area contributed by atoms with Crippen molar-refractivity contribution < 1.29 is 0 Å². The van der Waals surface area contributed by atoms with Gasteiger partial charge in [0.2, 0.25) is 0 Å². The molecule has 0 amide bonds. The number of rotatable bonds is 1. The van der Waals surface area contributed by atoms with Gasteiger partial charge in [-0.1, -0.05) is 30.4 Å². The number of hydrogen-bond acceptors (Lipinski definition) is 1. The van der Waals surface area contributed by atoms with E-state index in [1.54, 1.807) is 0 Å². The van der Waals surface area contributed by atoms with Crippen LogP contribution in [0.15, 0.2) is 36.4 Å². The SMILES string of the molecule is C/C=C\C1CNc2ccccc21. The van der Waals surface area contributed by atoms with E-state index in [1.165, 1.54) is 11.3 Å². The van der Waals surface area contributed by atoms with Gasteiger partial charge in [0.1, 0.15) is 0 Å². The zero-order valence-corrected chi connectivity index (χ0v) is 7.25. The second kappa shape index (κ2) is 3.02. The number of benzene rings is 1. The van der Waals surface area contributed by atoms with Gasteiger partial charge in [-0.2, -0.15) is 0 Å². The van der Waals surface area contributed by atoms with Crippen LogP contribution in [0.25, 0.3) is 0 Å². The summed E-state index contributed by atoms with van der Waals surface area (Å²) in [6, 6.07) is 8.50. The van der Waals surface area contributed by atoms with E-state index in [9.17, 15) is 0 Å². The summed E-state index contributed by atoms with van der Waals surface area (Å²) >= 11 is 0. The van der Waals surface area contributed by atoms with E-state index in [4.69, 9.17) is 0 Å². The molecular formula is C11H13N. The molecule has 0 aliphatic carbocycles. The lowest BCUT2D eigenvalue weighted by atomic mass is 10.0. The maximum absolute atomic E-state index is 3.38. The number of nitrogens with one attached hydrogen (secondary N) is 1. The molecule has 1 aliphatic rings. The molecule has 0 bridgehead atoms. The standard InChI is InChI=1S/C11H13N/c1-2-5-9-8-12-11-7-4-3-6-10(9)11/h2-7,9,12H,8H2,1H3/b5-2-. The van der Waals surface area contributed by atoms with Gasteiger partial charge in [0.05, 0.1) is 0 Å². The van der Waals surface area contributed by atoms with Gasteiger partial charge in [-0.15, -0.1) is 0 Å². The van der Waals surface area contributed by atoms with E-state index in [1.807, 2.05) is 0 Å². The zero-order valence-electron chi connectivity index (χ0n) is 7.25. The van der Waals surface area contributed by atoms with E-state index in [0.717, 1.165) is 6.54 Å². The third kappa shape index (κ3) is 1.11. The topological polar surface area (TPSA) is 12.0 Å². The molecule has 1 atom stereocenters. The largest absolute Gasteiger partial charge is 0.384 e. The Morgan fingerprint density at radius 2 is 2.25 bits per heavy atom. The molecule has 0 spiro atoms. The molecule has 12 heavy (non-hydrogen) atoms. The van der Waals surface area contributed by atoms with Crippen molar-refractivity contribution in [3.8, 4) is 0 Å². The van der Waals surface area contributed by atoms with Crippen LogP contribution in [0.4, 0.5) is 5.69 Å². The first-order chi connectivity index (χ1) is 5.92. The molecule has 1 heterocycles. The molecule has 1 aromatic carbocycles. The van der Waals surface area contributed by atoms with Crippen molar-refractivity contribution in [3.63, 3.8) is 0 Å². The summed E-state index contributed by atoms with van der Waals surface area (Å²) in [5.74, 6) is 0.575. The highest BCUT2D eigenvalue weighted by Gasteiger charge is 2.17. The maximum atomic E-state index is 3.38. The maximum Gasteiger partial charge on any atom is 0.0379 e. The Bertz CT molecular complexity index is 302. The molecule has 0 saturated carbocycles. The molecule has 1 heteroatoms. The van der Waals surface area contributed by atoms with Crippen molar-refractivity contribution in [2.24, 2.45) is 0 Å². The Morgan fingerprint density at radius 1 is 1.42 bits per heavy atom. The summed E-state index contributed by atoms with van der Waals surface area (Å²) in [6.45, 7) is 3.12. The Morgan fingerprint density at radius 3 is 3.08 bits per heavy atom. The van der Waals surface area contributed by atoms with Gasteiger partial charge in [0.15, 0.2) is 0 Å². The smallest absolute Gasteiger partial charge is 0.0379 e. The number of hydrogen-bond donors (Lipinski definition) is 1. The summed E-state index contributed by atoms with van der Waals surface area (Å²) in [5, 5.41) is 3.38. The number of fused-ring (bicyclic) bond motifs is 1. The fourth-order valence-electron chi connectivity index (χ4n) is 1.72. The molecule has 1 aliphatic heterocycles. The van der Waals surface area contributed by atoms with E-state index < -0.39 is 0 Å². The predicted octanol–water partition coefficient (Wildman–Crippen LogP) is 2.77. The molecule has 0 fully saturated rings. The molecular weight excluding hydrogens is 146 g/mol. The van der Waals surface area contributed by atoms with Crippen LogP contribution in [0.5, 0.6) is 0 Å². The third-order valence-corrected chi connectivity index (χ3v) is 2.30. The van der Waals surface area contributed by atoms with Crippen molar-refractivity contribution in [2.45, 2.75) is 12.8 Å². The predicted molar refractivity (Wildman–Crippen MR) is 52.5 cm³/mol. The van der Waals surface area contributed by atoms with Crippen LogP contribution in [0.2, 0.25) is 0 Å². The molecule has 62 valence electrons. The van der Waals surface area contributed by atoms with Gasteiger partial charge >= 0.3 is 0 Å². The van der Waals surface area contributed by atoms with Crippen molar-refractivity contribution in [3.05, 3.63) is 42.0 Å². The van der Waals surface area contributed by atoms with Crippen molar-refractivity contribution in [1.82, 2.24) is 0 Å². The highest BCUT2D eigenvalue weighted by Crippen LogP contribution is 2.31. The first kappa shape index (κ1) is 7.41. The van der Waals surface area contributed by atoms with E-state index >= 15 is 0 Å². The Hall–Kier alpha value is -1.24. The molecule has 1 unspecified atom stereocenters. The van der Waals surface area contributed by atoms with Gasteiger partial charge < -0.3 is 5.32 Å². The third-order valence-electron chi connectivity index (χ3n) is 2.30. The van der Waals surface area contributed by atoms with Crippen molar-refractivity contribution in [2.75, 3.05) is 11.9 Å². The lowest BCUT2D eigenvalue weighted by molar-refractivity contribution is 0.947. The van der Waals surface area contributed by atoms with Gasteiger partial charge in [-0.3, -0.25) is 0 Å². The average Bonchev–Trinajstić information content (AvgIpc) is 2.50. The van der Waals surface area contributed by atoms with Crippen molar-refractivity contribution in [1.29, 1.82) is 0 Å². The van der Waals surface area contributed by atoms with Crippen molar-refractivity contribution >= 4 is 5.69 Å². The summed E-state index contributed by atoms with van der Waals surface area (Å²) in [7, 11) is 0. The second-order valence-corrected chi connectivity index (χ2v) is 3.10. The zero-order chi connectivity index (χ0) is 8.39. The monoisotopic (exact) mass is 159 g/mol. The fraction of sp³-hybridized carbons (Fsp3) is 0.273. The van der Waals surface area contributed by atoms with E-state index in [2.05, 4.69) is 48.7 Å². The molecule has 1 nitrogen and oxygen atoms in total. The molecule has 2 rings (SSSR count). The molecule has 0 aromatic heterocycles. The van der Waals surface area contributed by atoms with Crippen LogP contribution in [-0.2, 0) is 0 Å².